The van der Waals surface area contributed by atoms with Crippen LogP contribution in [-0.4, -0.2) is 30.1 Å². The van der Waals surface area contributed by atoms with Crippen LogP contribution in [0, 0.1) is 16.0 Å². The molecule has 0 radical (unpaired) electrons. The summed E-state index contributed by atoms with van der Waals surface area (Å²) in [5.74, 6) is -1.21. The number of carbonyl (C=O) groups is 2. The first-order chi connectivity index (χ1) is 11.5. The summed E-state index contributed by atoms with van der Waals surface area (Å²) in [6.07, 6.45) is 1.87. The Hall–Kier alpha value is -2.70. The van der Waals surface area contributed by atoms with Gasteiger partial charge in [0, 0.05) is 23.8 Å². The predicted molar refractivity (Wildman–Crippen MR) is 85.3 cm³/mol. The van der Waals surface area contributed by atoms with Crippen molar-refractivity contribution >= 4 is 17.6 Å². The molecule has 1 saturated carbocycles. The fraction of sp³-hybridized carbons (Fsp3) is 0.412. The van der Waals surface area contributed by atoms with Gasteiger partial charge in [-0.05, 0) is 37.7 Å². The second-order valence-corrected chi connectivity index (χ2v) is 5.37. The average Bonchev–Trinajstić information content (AvgIpc) is 3.33. The van der Waals surface area contributed by atoms with Gasteiger partial charge in [-0.3, -0.25) is 10.1 Å². The van der Waals surface area contributed by atoms with Gasteiger partial charge in [0.05, 0.1) is 18.1 Å². The molecule has 2 rings (SSSR count). The summed E-state index contributed by atoms with van der Waals surface area (Å²) in [6.45, 7) is 3.82. The Labute approximate surface area is 139 Å². The van der Waals surface area contributed by atoms with Gasteiger partial charge in [-0.1, -0.05) is 12.1 Å². The lowest BCUT2D eigenvalue weighted by Crippen LogP contribution is -2.13. The molecule has 7 nitrogen and oxygen atoms in total. The number of ether oxygens (including phenoxy) is 2. The maximum atomic E-state index is 12.1. The smallest absolute Gasteiger partial charge is 0.334 e. The molecule has 1 aromatic rings. The number of esters is 2. The molecule has 24 heavy (non-hydrogen) atoms. The van der Waals surface area contributed by atoms with E-state index in [-0.39, 0.29) is 30.7 Å². The highest BCUT2D eigenvalue weighted by Gasteiger charge is 2.44. The Morgan fingerprint density at radius 2 is 1.83 bits per heavy atom. The summed E-state index contributed by atoms with van der Waals surface area (Å²) in [5.41, 5.74) is 1.20. The molecular formula is C17H19NO6. The molecule has 2 atom stereocenters. The van der Waals surface area contributed by atoms with Crippen molar-refractivity contribution in [3.05, 3.63) is 51.6 Å². The van der Waals surface area contributed by atoms with Crippen molar-refractivity contribution in [2.24, 2.45) is 5.92 Å². The molecule has 0 saturated heterocycles. The lowest BCUT2D eigenvalue weighted by atomic mass is 10.0. The molecule has 0 heterocycles. The van der Waals surface area contributed by atoms with E-state index in [0.717, 1.165) is 5.56 Å². The van der Waals surface area contributed by atoms with Crippen LogP contribution in [0.15, 0.2) is 35.9 Å². The largest absolute Gasteiger partial charge is 0.463 e. The Bertz CT molecular complexity index is 664. The van der Waals surface area contributed by atoms with Crippen molar-refractivity contribution in [1.29, 1.82) is 0 Å². The van der Waals surface area contributed by atoms with E-state index >= 15 is 0 Å². The first kappa shape index (κ1) is 17.7. The van der Waals surface area contributed by atoms with E-state index < -0.39 is 16.9 Å². The van der Waals surface area contributed by atoms with Crippen LogP contribution in [0.5, 0.6) is 0 Å². The van der Waals surface area contributed by atoms with Gasteiger partial charge in [0.1, 0.15) is 0 Å². The molecule has 1 aromatic carbocycles. The maximum Gasteiger partial charge on any atom is 0.334 e. The second-order valence-electron chi connectivity index (χ2n) is 5.37. The molecule has 0 aromatic heterocycles. The zero-order chi connectivity index (χ0) is 17.7. The zero-order valence-electron chi connectivity index (χ0n) is 13.6. The summed E-state index contributed by atoms with van der Waals surface area (Å²) < 4.78 is 9.88. The van der Waals surface area contributed by atoms with Crippen LogP contribution in [-0.2, 0) is 19.1 Å². The standard InChI is InChI=1S/C17H19NO6/c1-3-23-16(19)10-15(17(20)24-4-2)14-9-13(14)11-5-7-12(8-6-11)18(21)22/h5-8,10,13-14H,3-4,9H2,1-2H3/b15-10+/t13-,14+/m1/s1. The van der Waals surface area contributed by atoms with Crippen molar-refractivity contribution < 1.29 is 24.0 Å². The summed E-state index contributed by atoms with van der Waals surface area (Å²) >= 11 is 0. The molecule has 1 fully saturated rings. The molecule has 0 N–H and O–H groups in total. The molecule has 7 heteroatoms. The van der Waals surface area contributed by atoms with E-state index in [1.54, 1.807) is 26.0 Å². The van der Waals surface area contributed by atoms with E-state index in [1.807, 2.05) is 0 Å². The highest BCUT2D eigenvalue weighted by atomic mass is 16.6. The number of nitro benzene ring substituents is 1. The maximum absolute atomic E-state index is 12.1. The number of hydrogen-bond donors (Lipinski definition) is 0. The Kier molecular flexibility index (Phi) is 5.68. The van der Waals surface area contributed by atoms with E-state index in [4.69, 9.17) is 9.47 Å². The number of rotatable bonds is 7. The minimum atomic E-state index is -0.574. The third kappa shape index (κ3) is 4.18. The van der Waals surface area contributed by atoms with E-state index in [1.165, 1.54) is 18.2 Å². The highest BCUT2D eigenvalue weighted by Crippen LogP contribution is 2.52. The van der Waals surface area contributed by atoms with Crippen LogP contribution in [0.2, 0.25) is 0 Å². The molecule has 0 amide bonds. The number of non-ortho nitro benzene ring substituents is 1. The molecule has 1 aliphatic carbocycles. The highest BCUT2D eigenvalue weighted by molar-refractivity contribution is 5.97. The van der Waals surface area contributed by atoms with Crippen molar-refractivity contribution in [3.63, 3.8) is 0 Å². The third-order valence-corrected chi connectivity index (χ3v) is 3.79. The molecule has 0 unspecified atom stereocenters. The summed E-state index contributed by atoms with van der Waals surface area (Å²) in [4.78, 5) is 34.0. The summed E-state index contributed by atoms with van der Waals surface area (Å²) in [6, 6.07) is 6.22. The summed E-state index contributed by atoms with van der Waals surface area (Å²) in [5, 5.41) is 10.7. The van der Waals surface area contributed by atoms with Crippen LogP contribution in [0.25, 0.3) is 0 Å². The van der Waals surface area contributed by atoms with Crippen LogP contribution >= 0.6 is 0 Å². The number of carbonyl (C=O) groups excluding carboxylic acids is 2. The molecule has 1 aliphatic rings. The first-order valence-corrected chi connectivity index (χ1v) is 7.77. The SMILES string of the molecule is CCOC(=O)/C=C(/C(=O)OCC)[C@H]1C[C@@H]1c1ccc([N+](=O)[O-])cc1. The zero-order valence-corrected chi connectivity index (χ0v) is 13.6. The van der Waals surface area contributed by atoms with Gasteiger partial charge < -0.3 is 9.47 Å². The van der Waals surface area contributed by atoms with Crippen LogP contribution in [0.1, 0.15) is 31.7 Å². The quantitative estimate of drug-likeness (QED) is 0.329. The Morgan fingerprint density at radius 3 is 2.38 bits per heavy atom. The van der Waals surface area contributed by atoms with Gasteiger partial charge in [-0.25, -0.2) is 9.59 Å². The third-order valence-electron chi connectivity index (χ3n) is 3.79. The normalized spacial score (nSPS) is 19.5. The lowest BCUT2D eigenvalue weighted by Gasteiger charge is -2.07. The first-order valence-electron chi connectivity index (χ1n) is 7.77. The number of benzene rings is 1. The fourth-order valence-corrected chi connectivity index (χ4v) is 2.59. The van der Waals surface area contributed by atoms with Crippen LogP contribution < -0.4 is 0 Å². The molecule has 0 spiro atoms. The van der Waals surface area contributed by atoms with E-state index in [0.29, 0.717) is 12.0 Å². The predicted octanol–water partition coefficient (Wildman–Crippen LogP) is 2.75. The van der Waals surface area contributed by atoms with Crippen molar-refractivity contribution in [2.75, 3.05) is 13.2 Å². The minimum Gasteiger partial charge on any atom is -0.463 e. The van der Waals surface area contributed by atoms with Gasteiger partial charge in [-0.2, -0.15) is 0 Å². The van der Waals surface area contributed by atoms with Gasteiger partial charge in [0.25, 0.3) is 5.69 Å². The summed E-state index contributed by atoms with van der Waals surface area (Å²) in [7, 11) is 0. The van der Waals surface area contributed by atoms with E-state index in [2.05, 4.69) is 0 Å². The Morgan fingerprint density at radius 1 is 1.21 bits per heavy atom. The average molecular weight is 333 g/mol. The molecule has 0 aliphatic heterocycles. The number of nitrogens with zero attached hydrogens (tertiary/aromatic N) is 1. The molecule has 0 bridgehead atoms. The minimum absolute atomic E-state index is 0.0173. The Balaban J connectivity index is 2.16. The molecule has 128 valence electrons. The van der Waals surface area contributed by atoms with Gasteiger partial charge in [0.2, 0.25) is 0 Å². The fourth-order valence-electron chi connectivity index (χ4n) is 2.59. The topological polar surface area (TPSA) is 95.7 Å². The number of nitro groups is 1. The second kappa shape index (κ2) is 7.72. The van der Waals surface area contributed by atoms with Crippen molar-refractivity contribution in [2.45, 2.75) is 26.2 Å². The lowest BCUT2D eigenvalue weighted by molar-refractivity contribution is -0.384. The van der Waals surface area contributed by atoms with E-state index in [9.17, 15) is 19.7 Å². The van der Waals surface area contributed by atoms with Crippen LogP contribution in [0.4, 0.5) is 5.69 Å². The van der Waals surface area contributed by atoms with Gasteiger partial charge in [0.15, 0.2) is 0 Å². The van der Waals surface area contributed by atoms with Crippen molar-refractivity contribution in [3.8, 4) is 0 Å². The van der Waals surface area contributed by atoms with Gasteiger partial charge in [-0.15, -0.1) is 0 Å². The monoisotopic (exact) mass is 333 g/mol. The van der Waals surface area contributed by atoms with Crippen LogP contribution in [0.3, 0.4) is 0 Å². The van der Waals surface area contributed by atoms with Crippen molar-refractivity contribution in [1.82, 2.24) is 0 Å². The molecular weight excluding hydrogens is 314 g/mol. The number of hydrogen-bond acceptors (Lipinski definition) is 6. The van der Waals surface area contributed by atoms with Gasteiger partial charge >= 0.3 is 11.9 Å².